The number of nitrogens with zero attached hydrogens (tertiary/aromatic N) is 1. The van der Waals surface area contributed by atoms with Crippen molar-refractivity contribution >= 4 is 34.2 Å². The highest BCUT2D eigenvalue weighted by atomic mass is 16.2. The van der Waals surface area contributed by atoms with Gasteiger partial charge in [0, 0.05) is 23.6 Å². The second kappa shape index (κ2) is 6.48. The summed E-state index contributed by atoms with van der Waals surface area (Å²) in [4.78, 5) is 40.7. The highest BCUT2D eigenvalue weighted by Crippen LogP contribution is 2.28. The van der Waals surface area contributed by atoms with E-state index in [2.05, 4.69) is 10.3 Å². The van der Waals surface area contributed by atoms with Crippen molar-refractivity contribution in [3.05, 3.63) is 65.9 Å². The van der Waals surface area contributed by atoms with E-state index in [0.717, 1.165) is 16.5 Å². The van der Waals surface area contributed by atoms with Crippen molar-refractivity contribution in [3.8, 4) is 0 Å². The summed E-state index contributed by atoms with van der Waals surface area (Å²) < 4.78 is 0. The lowest BCUT2D eigenvalue weighted by atomic mass is 10.1. The molecule has 26 heavy (non-hydrogen) atoms. The van der Waals surface area contributed by atoms with Gasteiger partial charge in [-0.05, 0) is 30.2 Å². The predicted molar refractivity (Wildman–Crippen MR) is 98.1 cm³/mol. The summed E-state index contributed by atoms with van der Waals surface area (Å²) >= 11 is 0. The maximum atomic E-state index is 12.2. The molecule has 0 radical (unpaired) electrons. The van der Waals surface area contributed by atoms with E-state index in [4.69, 9.17) is 0 Å². The molecule has 2 heterocycles. The van der Waals surface area contributed by atoms with Crippen LogP contribution < -0.4 is 10.2 Å². The third-order valence-electron chi connectivity index (χ3n) is 4.57. The zero-order valence-corrected chi connectivity index (χ0v) is 14.0. The minimum Gasteiger partial charge on any atom is -0.361 e. The first-order valence-electron chi connectivity index (χ1n) is 8.42. The summed E-state index contributed by atoms with van der Waals surface area (Å²) in [6.07, 6.45) is 2.62. The lowest BCUT2D eigenvalue weighted by Gasteiger charge is -2.15. The molecule has 4 rings (SSSR count). The number of rotatable bonds is 5. The number of fused-ring (bicyclic) bond motifs is 2. The van der Waals surface area contributed by atoms with Gasteiger partial charge in [-0.3, -0.25) is 19.3 Å². The zero-order chi connectivity index (χ0) is 18.1. The molecule has 6 heteroatoms. The average Bonchev–Trinajstić information content (AvgIpc) is 3.17. The van der Waals surface area contributed by atoms with Gasteiger partial charge in [-0.15, -0.1) is 0 Å². The molecule has 1 aromatic heterocycles. The summed E-state index contributed by atoms with van der Waals surface area (Å²) in [7, 11) is 0. The number of amides is 2. The third kappa shape index (κ3) is 2.75. The Kier molecular flexibility index (Phi) is 4.01. The number of carbonyl (C=O) groups excluding carboxylic acids is 3. The van der Waals surface area contributed by atoms with Crippen molar-refractivity contribution in [2.45, 2.75) is 6.42 Å². The van der Waals surface area contributed by atoms with Crippen LogP contribution in [0, 0.1) is 0 Å². The van der Waals surface area contributed by atoms with Crippen LogP contribution in [0.25, 0.3) is 10.9 Å². The third-order valence-corrected chi connectivity index (χ3v) is 4.57. The Hall–Kier alpha value is -3.41. The van der Waals surface area contributed by atoms with Crippen molar-refractivity contribution in [3.63, 3.8) is 0 Å². The van der Waals surface area contributed by atoms with Crippen LogP contribution in [0.3, 0.4) is 0 Å². The minimum absolute atomic E-state index is 0.157. The van der Waals surface area contributed by atoms with Crippen LogP contribution in [-0.4, -0.2) is 35.7 Å². The molecule has 0 unspecified atom stereocenters. The lowest BCUT2D eigenvalue weighted by molar-refractivity contribution is -0.122. The number of para-hydroxylation sites is 2. The molecule has 0 fully saturated rings. The van der Waals surface area contributed by atoms with Gasteiger partial charge in [0.25, 0.3) is 11.7 Å². The summed E-state index contributed by atoms with van der Waals surface area (Å²) in [6.45, 7) is 0.299. The first-order chi connectivity index (χ1) is 12.6. The number of aromatic nitrogens is 1. The van der Waals surface area contributed by atoms with Crippen molar-refractivity contribution in [2.24, 2.45) is 0 Å². The number of aromatic amines is 1. The van der Waals surface area contributed by atoms with Crippen molar-refractivity contribution in [1.29, 1.82) is 0 Å². The summed E-state index contributed by atoms with van der Waals surface area (Å²) in [5, 5.41) is 3.96. The van der Waals surface area contributed by atoms with Crippen LogP contribution in [0.2, 0.25) is 0 Å². The Bertz CT molecular complexity index is 1020. The number of nitrogens with one attached hydrogen (secondary N) is 2. The van der Waals surface area contributed by atoms with Gasteiger partial charge in [-0.2, -0.15) is 0 Å². The molecule has 130 valence electrons. The Morgan fingerprint density at radius 1 is 1.04 bits per heavy atom. The van der Waals surface area contributed by atoms with Gasteiger partial charge < -0.3 is 10.3 Å². The molecule has 6 nitrogen and oxygen atoms in total. The van der Waals surface area contributed by atoms with Gasteiger partial charge in [0.2, 0.25) is 5.91 Å². The van der Waals surface area contributed by atoms with E-state index in [-0.39, 0.29) is 12.5 Å². The van der Waals surface area contributed by atoms with E-state index in [0.29, 0.717) is 24.2 Å². The topological polar surface area (TPSA) is 82.3 Å². The van der Waals surface area contributed by atoms with Crippen molar-refractivity contribution < 1.29 is 14.4 Å². The van der Waals surface area contributed by atoms with Gasteiger partial charge in [0.15, 0.2) is 0 Å². The van der Waals surface area contributed by atoms with E-state index in [1.54, 1.807) is 24.3 Å². The van der Waals surface area contributed by atoms with Crippen molar-refractivity contribution in [2.75, 3.05) is 18.0 Å². The molecule has 3 aromatic rings. The van der Waals surface area contributed by atoms with Crippen molar-refractivity contribution in [1.82, 2.24) is 10.3 Å². The molecular formula is C20H17N3O3. The van der Waals surface area contributed by atoms with E-state index >= 15 is 0 Å². The fourth-order valence-electron chi connectivity index (χ4n) is 3.28. The number of ketones is 1. The average molecular weight is 347 g/mol. The Morgan fingerprint density at radius 2 is 1.81 bits per heavy atom. The van der Waals surface area contributed by atoms with Gasteiger partial charge in [0.1, 0.15) is 6.54 Å². The second-order valence-electron chi connectivity index (χ2n) is 6.20. The molecule has 0 saturated carbocycles. The molecule has 0 spiro atoms. The Balaban J connectivity index is 1.37. The van der Waals surface area contributed by atoms with E-state index < -0.39 is 11.7 Å². The van der Waals surface area contributed by atoms with Crippen LogP contribution in [-0.2, 0) is 16.0 Å². The fraction of sp³-hybridized carbons (Fsp3) is 0.150. The van der Waals surface area contributed by atoms with Crippen LogP contribution in [0.15, 0.2) is 54.7 Å². The van der Waals surface area contributed by atoms with E-state index in [1.165, 1.54) is 4.90 Å². The zero-order valence-electron chi connectivity index (χ0n) is 14.0. The molecule has 2 N–H and O–H groups in total. The molecule has 2 amide bonds. The first kappa shape index (κ1) is 16.1. The molecule has 2 aromatic carbocycles. The van der Waals surface area contributed by atoms with Gasteiger partial charge >= 0.3 is 0 Å². The predicted octanol–water partition coefficient (Wildman–Crippen LogP) is 2.06. The highest BCUT2D eigenvalue weighted by molar-refractivity contribution is 6.52. The molecule has 0 atom stereocenters. The second-order valence-corrected chi connectivity index (χ2v) is 6.20. The van der Waals surface area contributed by atoms with Gasteiger partial charge in [0.05, 0.1) is 11.3 Å². The number of hydrogen-bond acceptors (Lipinski definition) is 3. The minimum atomic E-state index is -0.655. The van der Waals surface area contributed by atoms with Crippen LogP contribution >= 0.6 is 0 Å². The van der Waals surface area contributed by atoms with E-state index in [9.17, 15) is 14.4 Å². The Labute approximate surface area is 149 Å². The smallest absolute Gasteiger partial charge is 0.299 e. The maximum Gasteiger partial charge on any atom is 0.299 e. The summed E-state index contributed by atoms with van der Waals surface area (Å²) in [6, 6.07) is 14.7. The number of benzene rings is 2. The number of hydrogen-bond donors (Lipinski definition) is 2. The van der Waals surface area contributed by atoms with Gasteiger partial charge in [-0.1, -0.05) is 30.3 Å². The molecule has 0 bridgehead atoms. The standard InChI is InChI=1S/C20H17N3O3/c24-18(12-23-17-8-4-2-6-15(17)19(25)20(23)26)21-10-9-13-11-22-16-7-3-1-5-14(13)16/h1-8,11,22H,9-10,12H2,(H,21,24). The molecule has 1 aliphatic heterocycles. The molecular weight excluding hydrogens is 330 g/mol. The first-order valence-corrected chi connectivity index (χ1v) is 8.42. The fourth-order valence-corrected chi connectivity index (χ4v) is 3.28. The van der Waals surface area contributed by atoms with Crippen LogP contribution in [0.1, 0.15) is 15.9 Å². The molecule has 1 aliphatic rings. The van der Waals surface area contributed by atoms with Crippen LogP contribution in [0.4, 0.5) is 5.69 Å². The monoisotopic (exact) mass is 347 g/mol. The number of carbonyl (C=O) groups is 3. The SMILES string of the molecule is O=C(CN1C(=O)C(=O)c2ccccc21)NCCc1c[nH]c2ccccc12. The lowest BCUT2D eigenvalue weighted by Crippen LogP contribution is -2.40. The highest BCUT2D eigenvalue weighted by Gasteiger charge is 2.36. The number of Topliss-reactive ketones (excluding diaryl/α,β-unsaturated/α-hetero) is 1. The molecule has 0 saturated heterocycles. The summed E-state index contributed by atoms with van der Waals surface area (Å²) in [5.41, 5.74) is 3.03. The molecule has 0 aliphatic carbocycles. The Morgan fingerprint density at radius 3 is 2.69 bits per heavy atom. The summed E-state index contributed by atoms with van der Waals surface area (Å²) in [5.74, 6) is -1.51. The largest absolute Gasteiger partial charge is 0.361 e. The van der Waals surface area contributed by atoms with E-state index in [1.807, 2.05) is 30.5 Å². The van der Waals surface area contributed by atoms with Gasteiger partial charge in [-0.25, -0.2) is 0 Å². The van der Waals surface area contributed by atoms with Crippen LogP contribution in [0.5, 0.6) is 0 Å². The number of anilines is 1. The number of H-pyrrole nitrogens is 1. The maximum absolute atomic E-state index is 12.2. The quantitative estimate of drug-likeness (QED) is 0.693. The normalized spacial score (nSPS) is 13.3.